The van der Waals surface area contributed by atoms with Crippen LogP contribution in [-0.2, 0) is 0 Å². The van der Waals surface area contributed by atoms with Crippen molar-refractivity contribution in [2.45, 2.75) is 53.9 Å². The van der Waals surface area contributed by atoms with Crippen molar-refractivity contribution in [1.82, 2.24) is 14.8 Å². The van der Waals surface area contributed by atoms with Gasteiger partial charge >= 0.3 is 0 Å². The van der Waals surface area contributed by atoms with E-state index >= 15 is 0 Å². The third-order valence-corrected chi connectivity index (χ3v) is 7.22. The summed E-state index contributed by atoms with van der Waals surface area (Å²) in [7, 11) is 0. The molecule has 1 aliphatic rings. The van der Waals surface area contributed by atoms with Crippen molar-refractivity contribution in [3.8, 4) is 17.1 Å². The number of benzene rings is 2. The van der Waals surface area contributed by atoms with Gasteiger partial charge in [-0.3, -0.25) is 4.57 Å². The highest BCUT2D eigenvalue weighted by Gasteiger charge is 2.20. The first-order chi connectivity index (χ1) is 20.4. The predicted molar refractivity (Wildman–Crippen MR) is 180 cm³/mol. The molecule has 0 atom stereocenters. The Labute approximate surface area is 251 Å². The number of para-hydroxylation sites is 1. The summed E-state index contributed by atoms with van der Waals surface area (Å²) in [4.78, 5) is 2.28. The van der Waals surface area contributed by atoms with Gasteiger partial charge in [0.05, 0.1) is 5.69 Å². The van der Waals surface area contributed by atoms with E-state index in [9.17, 15) is 0 Å². The standard InChI is InChI=1S/C38H42N4/c1-7-9-11-13-20-31(5)37-39-40-38(42(37)36-25-15-14-19-30(36)4)33-22-17-24-35(28-33)41(32(6)21-12-10-8-2)34-23-16-18-29(3)26-27-34/h7-10,12,14-17,19-28H,2,11,13,18H2,1,3-6H3/b9-7-,12-10-,31-20+,32-21+. The van der Waals surface area contributed by atoms with E-state index in [2.05, 4.69) is 148 Å². The number of aryl methyl sites for hydroxylation is 1. The normalized spacial score (nSPS) is 14.3. The topological polar surface area (TPSA) is 34.0 Å². The molecular weight excluding hydrogens is 512 g/mol. The average molecular weight is 555 g/mol. The summed E-state index contributed by atoms with van der Waals surface area (Å²) < 4.78 is 2.20. The molecule has 0 radical (unpaired) electrons. The van der Waals surface area contributed by atoms with E-state index in [-0.39, 0.29) is 0 Å². The van der Waals surface area contributed by atoms with Gasteiger partial charge in [0, 0.05) is 22.6 Å². The van der Waals surface area contributed by atoms with Gasteiger partial charge in [-0.2, -0.15) is 0 Å². The first-order valence-electron chi connectivity index (χ1n) is 14.6. The van der Waals surface area contributed by atoms with Crippen molar-refractivity contribution in [3.63, 3.8) is 0 Å². The molecule has 1 heterocycles. The fourth-order valence-corrected chi connectivity index (χ4v) is 4.98. The molecule has 4 rings (SSSR count). The Bertz CT molecular complexity index is 1620. The first kappa shape index (κ1) is 30.3. The van der Waals surface area contributed by atoms with E-state index in [4.69, 9.17) is 10.2 Å². The monoisotopic (exact) mass is 554 g/mol. The maximum atomic E-state index is 4.78. The van der Waals surface area contributed by atoms with Crippen LogP contribution in [0.4, 0.5) is 5.69 Å². The zero-order valence-electron chi connectivity index (χ0n) is 25.6. The molecule has 0 spiro atoms. The number of anilines is 1. The largest absolute Gasteiger partial charge is 0.315 e. The zero-order chi connectivity index (χ0) is 29.9. The molecule has 1 aromatic heterocycles. The van der Waals surface area contributed by atoms with Crippen molar-refractivity contribution in [3.05, 3.63) is 150 Å². The molecule has 0 saturated heterocycles. The number of rotatable bonds is 11. The highest BCUT2D eigenvalue weighted by atomic mass is 15.3. The molecule has 0 fully saturated rings. The summed E-state index contributed by atoms with van der Waals surface area (Å²) in [5, 5.41) is 9.51. The SMILES string of the molecule is C=C/C=C\C=C(/C)N(C1=CC=C(C)CC=C1)c1cccc(-c2nnc(/C(C)=C/CC/C=C\C)n2-c2ccccc2C)c1. The fraction of sp³-hybridized carbons (Fsp3) is 0.211. The van der Waals surface area contributed by atoms with Crippen LogP contribution in [0.2, 0.25) is 0 Å². The lowest BCUT2D eigenvalue weighted by atomic mass is 10.1. The zero-order valence-corrected chi connectivity index (χ0v) is 25.6. The van der Waals surface area contributed by atoms with Crippen LogP contribution in [0.3, 0.4) is 0 Å². The summed E-state index contributed by atoms with van der Waals surface area (Å²) in [5.41, 5.74) is 8.94. The molecule has 214 valence electrons. The van der Waals surface area contributed by atoms with Crippen LogP contribution in [0.15, 0.2) is 139 Å². The van der Waals surface area contributed by atoms with E-state index in [1.807, 2.05) is 12.2 Å². The Morgan fingerprint density at radius 1 is 1.00 bits per heavy atom. The molecule has 2 aromatic carbocycles. The Hall–Kier alpha value is -4.70. The molecule has 0 aliphatic heterocycles. The summed E-state index contributed by atoms with van der Waals surface area (Å²) >= 11 is 0. The van der Waals surface area contributed by atoms with Crippen LogP contribution >= 0.6 is 0 Å². The minimum atomic E-state index is 0.816. The quantitative estimate of drug-likeness (QED) is 0.134. The molecule has 4 heteroatoms. The molecule has 0 saturated carbocycles. The number of hydrogen-bond acceptors (Lipinski definition) is 3. The van der Waals surface area contributed by atoms with Crippen molar-refractivity contribution in [2.75, 3.05) is 4.90 Å². The van der Waals surface area contributed by atoms with Gasteiger partial charge in [-0.1, -0.05) is 91.1 Å². The minimum Gasteiger partial charge on any atom is -0.315 e. The van der Waals surface area contributed by atoms with Crippen LogP contribution in [0, 0.1) is 6.92 Å². The van der Waals surface area contributed by atoms with Gasteiger partial charge < -0.3 is 4.90 Å². The number of hydrogen-bond donors (Lipinski definition) is 0. The van der Waals surface area contributed by atoms with Gasteiger partial charge in [0.25, 0.3) is 0 Å². The predicted octanol–water partition coefficient (Wildman–Crippen LogP) is 10.2. The first-order valence-corrected chi connectivity index (χ1v) is 14.6. The highest BCUT2D eigenvalue weighted by molar-refractivity contribution is 5.72. The van der Waals surface area contributed by atoms with Crippen molar-refractivity contribution < 1.29 is 0 Å². The lowest BCUT2D eigenvalue weighted by Crippen LogP contribution is -2.19. The van der Waals surface area contributed by atoms with Crippen molar-refractivity contribution >= 4 is 11.3 Å². The Morgan fingerprint density at radius 3 is 2.62 bits per heavy atom. The second-order valence-electron chi connectivity index (χ2n) is 10.5. The summed E-state index contributed by atoms with van der Waals surface area (Å²) in [5.74, 6) is 1.68. The van der Waals surface area contributed by atoms with Gasteiger partial charge in [0.2, 0.25) is 0 Å². The number of unbranched alkanes of at least 4 members (excludes halogenated alkanes) is 1. The Morgan fingerprint density at radius 2 is 1.83 bits per heavy atom. The molecule has 0 amide bonds. The number of nitrogens with zero attached hydrogens (tertiary/aromatic N) is 4. The van der Waals surface area contributed by atoms with Gasteiger partial charge in [0.1, 0.15) is 0 Å². The molecule has 0 N–H and O–H groups in total. The van der Waals surface area contributed by atoms with Crippen LogP contribution in [0.5, 0.6) is 0 Å². The van der Waals surface area contributed by atoms with E-state index in [0.29, 0.717) is 0 Å². The maximum absolute atomic E-state index is 4.78. The molecule has 0 bridgehead atoms. The molecule has 4 nitrogen and oxygen atoms in total. The number of aromatic nitrogens is 3. The minimum absolute atomic E-state index is 0.816. The van der Waals surface area contributed by atoms with E-state index in [1.54, 1.807) is 6.08 Å². The van der Waals surface area contributed by atoms with E-state index in [1.165, 1.54) is 11.1 Å². The summed E-state index contributed by atoms with van der Waals surface area (Å²) in [6, 6.07) is 17.0. The Balaban J connectivity index is 1.87. The van der Waals surface area contributed by atoms with Crippen molar-refractivity contribution in [1.29, 1.82) is 0 Å². The van der Waals surface area contributed by atoms with Crippen molar-refractivity contribution in [2.24, 2.45) is 0 Å². The van der Waals surface area contributed by atoms with Gasteiger partial charge in [-0.15, -0.1) is 10.2 Å². The third kappa shape index (κ3) is 7.32. The fourth-order valence-electron chi connectivity index (χ4n) is 4.98. The highest BCUT2D eigenvalue weighted by Crippen LogP contribution is 2.33. The summed E-state index contributed by atoms with van der Waals surface area (Å²) in [6.07, 6.45) is 26.1. The smallest absolute Gasteiger partial charge is 0.168 e. The lowest BCUT2D eigenvalue weighted by Gasteiger charge is -2.27. The summed E-state index contributed by atoms with van der Waals surface area (Å²) in [6.45, 7) is 14.4. The third-order valence-electron chi connectivity index (χ3n) is 7.22. The number of allylic oxidation sites excluding steroid dienone is 14. The van der Waals surface area contributed by atoms with Gasteiger partial charge in [-0.25, -0.2) is 0 Å². The second kappa shape index (κ2) is 14.8. The van der Waals surface area contributed by atoms with E-state index in [0.717, 1.165) is 64.8 Å². The second-order valence-corrected chi connectivity index (χ2v) is 10.5. The van der Waals surface area contributed by atoms with Crippen LogP contribution in [0.1, 0.15) is 58.3 Å². The molecular formula is C38H42N4. The molecule has 0 unspecified atom stereocenters. The molecule has 1 aliphatic carbocycles. The van der Waals surface area contributed by atoms with Gasteiger partial charge in [0.15, 0.2) is 11.6 Å². The van der Waals surface area contributed by atoms with Crippen LogP contribution < -0.4 is 4.90 Å². The maximum Gasteiger partial charge on any atom is 0.168 e. The lowest BCUT2D eigenvalue weighted by molar-refractivity contribution is 0.995. The van der Waals surface area contributed by atoms with Crippen LogP contribution in [-0.4, -0.2) is 14.8 Å². The average Bonchev–Trinajstić information content (AvgIpc) is 3.32. The molecule has 42 heavy (non-hydrogen) atoms. The molecule has 3 aromatic rings. The van der Waals surface area contributed by atoms with E-state index < -0.39 is 0 Å². The van der Waals surface area contributed by atoms with Crippen LogP contribution in [0.25, 0.3) is 22.6 Å². The Kier molecular flexibility index (Phi) is 10.7. The van der Waals surface area contributed by atoms with Gasteiger partial charge in [-0.05, 0) is 101 Å².